The average Bonchev–Trinajstić information content (AvgIpc) is 2.82. The molecule has 2 aromatic rings. The van der Waals surface area contributed by atoms with Crippen molar-refractivity contribution in [1.29, 1.82) is 0 Å². The van der Waals surface area contributed by atoms with E-state index in [1.807, 2.05) is 38.6 Å². The monoisotopic (exact) mass is 343 g/mol. The Hall–Kier alpha value is -2.34. The predicted octanol–water partition coefficient (Wildman–Crippen LogP) is 2.42. The smallest absolute Gasteiger partial charge is 0.405 e. The quantitative estimate of drug-likeness (QED) is 0.904. The molecular weight excluding hydrogens is 318 g/mol. The molecule has 3 rings (SSSR count). The van der Waals surface area contributed by atoms with Crippen molar-refractivity contribution in [1.82, 2.24) is 9.47 Å². The fourth-order valence-electron chi connectivity index (χ4n) is 3.90. The van der Waals surface area contributed by atoms with Crippen LogP contribution in [-0.4, -0.2) is 35.3 Å². The zero-order valence-electron chi connectivity index (χ0n) is 15.2. The third-order valence-corrected chi connectivity index (χ3v) is 4.71. The molecule has 0 saturated heterocycles. The van der Waals surface area contributed by atoms with Crippen LogP contribution in [-0.2, 0) is 17.8 Å². The third kappa shape index (κ3) is 3.39. The molecule has 0 unspecified atom stereocenters. The summed E-state index contributed by atoms with van der Waals surface area (Å²) < 4.78 is 7.09. The number of pyridine rings is 1. The highest BCUT2D eigenvalue weighted by Gasteiger charge is 2.33. The van der Waals surface area contributed by atoms with Gasteiger partial charge in [0.2, 0.25) is 0 Å². The lowest BCUT2D eigenvalue weighted by Crippen LogP contribution is -2.33. The summed E-state index contributed by atoms with van der Waals surface area (Å²) >= 11 is 0. The minimum absolute atomic E-state index is 0.00637. The van der Waals surface area contributed by atoms with Crippen molar-refractivity contribution < 1.29 is 9.53 Å². The number of hydrogen-bond donors (Lipinski definition) is 1. The van der Waals surface area contributed by atoms with Gasteiger partial charge >= 0.3 is 6.09 Å². The number of aromatic nitrogens is 1. The predicted molar refractivity (Wildman–Crippen MR) is 97.7 cm³/mol. The summed E-state index contributed by atoms with van der Waals surface area (Å²) in [6, 6.07) is 7.80. The van der Waals surface area contributed by atoms with Crippen molar-refractivity contribution in [2.75, 3.05) is 14.1 Å². The SMILES string of the molecule is CN(C)Cc1ccc2c3c1ccc(=O)n3C[C@@H]2CC(C)(C)OC(N)=O. The van der Waals surface area contributed by atoms with Gasteiger partial charge in [-0.25, -0.2) is 4.79 Å². The van der Waals surface area contributed by atoms with Gasteiger partial charge in [0, 0.05) is 30.5 Å². The molecule has 1 amide bonds. The minimum Gasteiger partial charge on any atom is -0.444 e. The summed E-state index contributed by atoms with van der Waals surface area (Å²) in [6.07, 6.45) is -0.164. The molecule has 2 heterocycles. The topological polar surface area (TPSA) is 77.6 Å². The fraction of sp³-hybridized carbons (Fsp3) is 0.474. The highest BCUT2D eigenvalue weighted by molar-refractivity contribution is 5.87. The van der Waals surface area contributed by atoms with E-state index in [9.17, 15) is 9.59 Å². The van der Waals surface area contributed by atoms with Crippen LogP contribution in [0.4, 0.5) is 4.79 Å². The van der Waals surface area contributed by atoms with Gasteiger partial charge in [0.1, 0.15) is 5.60 Å². The number of nitrogens with zero attached hydrogens (tertiary/aromatic N) is 2. The molecular formula is C19H25N3O3. The molecule has 0 bridgehead atoms. The first-order valence-corrected chi connectivity index (χ1v) is 8.46. The maximum Gasteiger partial charge on any atom is 0.405 e. The number of benzene rings is 1. The molecule has 0 saturated carbocycles. The van der Waals surface area contributed by atoms with E-state index in [0.717, 1.165) is 23.0 Å². The van der Waals surface area contributed by atoms with Gasteiger partial charge in [-0.3, -0.25) is 4.79 Å². The molecule has 1 aliphatic heterocycles. The summed E-state index contributed by atoms with van der Waals surface area (Å²) in [7, 11) is 4.06. The minimum atomic E-state index is -0.774. The van der Waals surface area contributed by atoms with Crippen LogP contribution in [0.15, 0.2) is 29.1 Å². The lowest BCUT2D eigenvalue weighted by atomic mass is 9.88. The lowest BCUT2D eigenvalue weighted by molar-refractivity contribution is 0.0331. The van der Waals surface area contributed by atoms with Crippen LogP contribution < -0.4 is 11.3 Å². The van der Waals surface area contributed by atoms with Crippen LogP contribution in [0.3, 0.4) is 0 Å². The molecule has 1 aromatic heterocycles. The van der Waals surface area contributed by atoms with Crippen molar-refractivity contribution >= 4 is 17.0 Å². The number of nitrogens with two attached hydrogens (primary N) is 1. The Balaban J connectivity index is 2.04. The number of carbonyl (C=O) groups excluding carboxylic acids is 1. The summed E-state index contributed by atoms with van der Waals surface area (Å²) in [6.45, 7) is 5.11. The normalized spacial score (nSPS) is 16.6. The van der Waals surface area contributed by atoms with Crippen LogP contribution in [0, 0.1) is 0 Å². The molecule has 0 aliphatic carbocycles. The van der Waals surface area contributed by atoms with Crippen molar-refractivity contribution in [3.63, 3.8) is 0 Å². The van der Waals surface area contributed by atoms with Crippen molar-refractivity contribution in [3.05, 3.63) is 45.7 Å². The Labute approximate surface area is 147 Å². The summed E-state index contributed by atoms with van der Waals surface area (Å²) in [5.41, 5.74) is 7.85. The van der Waals surface area contributed by atoms with Gasteiger partial charge in [-0.2, -0.15) is 0 Å². The van der Waals surface area contributed by atoms with Crippen LogP contribution in [0.2, 0.25) is 0 Å². The van der Waals surface area contributed by atoms with E-state index in [-0.39, 0.29) is 11.5 Å². The average molecular weight is 343 g/mol. The van der Waals surface area contributed by atoms with Gasteiger partial charge in [0.15, 0.2) is 0 Å². The number of ether oxygens (including phenoxy) is 1. The third-order valence-electron chi connectivity index (χ3n) is 4.71. The van der Waals surface area contributed by atoms with Gasteiger partial charge in [-0.1, -0.05) is 12.1 Å². The number of hydrogen-bond acceptors (Lipinski definition) is 4. The van der Waals surface area contributed by atoms with Crippen molar-refractivity contribution in [2.24, 2.45) is 5.73 Å². The van der Waals surface area contributed by atoms with E-state index >= 15 is 0 Å². The van der Waals surface area contributed by atoms with E-state index in [1.54, 1.807) is 6.07 Å². The molecule has 0 spiro atoms. The Morgan fingerprint density at radius 2 is 2.04 bits per heavy atom. The van der Waals surface area contributed by atoms with E-state index in [0.29, 0.717) is 13.0 Å². The highest BCUT2D eigenvalue weighted by atomic mass is 16.6. The summed E-state index contributed by atoms with van der Waals surface area (Å²) in [5.74, 6) is 0.111. The molecule has 0 fully saturated rings. The van der Waals surface area contributed by atoms with Crippen LogP contribution >= 0.6 is 0 Å². The van der Waals surface area contributed by atoms with Crippen LogP contribution in [0.25, 0.3) is 10.9 Å². The second-order valence-electron chi connectivity index (χ2n) is 7.68. The molecule has 1 atom stereocenters. The van der Waals surface area contributed by atoms with Gasteiger partial charge in [-0.15, -0.1) is 0 Å². The first-order valence-electron chi connectivity index (χ1n) is 8.46. The first-order chi connectivity index (χ1) is 11.7. The second kappa shape index (κ2) is 6.19. The number of amides is 1. The summed E-state index contributed by atoms with van der Waals surface area (Å²) in [5, 5.41) is 1.11. The van der Waals surface area contributed by atoms with Gasteiger partial charge in [-0.05, 0) is 51.6 Å². The Morgan fingerprint density at radius 1 is 1.32 bits per heavy atom. The van der Waals surface area contributed by atoms with Gasteiger partial charge in [0.25, 0.3) is 5.56 Å². The van der Waals surface area contributed by atoms with Crippen LogP contribution in [0.5, 0.6) is 0 Å². The maximum absolute atomic E-state index is 12.4. The Morgan fingerprint density at radius 3 is 2.68 bits per heavy atom. The molecule has 6 nitrogen and oxygen atoms in total. The molecule has 6 heteroatoms. The molecule has 25 heavy (non-hydrogen) atoms. The van der Waals surface area contributed by atoms with Crippen molar-refractivity contribution in [3.8, 4) is 0 Å². The fourth-order valence-corrected chi connectivity index (χ4v) is 3.90. The largest absolute Gasteiger partial charge is 0.444 e. The van der Waals surface area contributed by atoms with Crippen LogP contribution in [0.1, 0.15) is 37.3 Å². The number of rotatable bonds is 5. The van der Waals surface area contributed by atoms with E-state index in [4.69, 9.17) is 10.5 Å². The lowest BCUT2D eigenvalue weighted by Gasteiger charge is -2.27. The Kier molecular flexibility index (Phi) is 4.33. The standard InChI is InChI=1S/C19H25N3O3/c1-19(2,25-18(20)24)9-13-11-22-16(23)8-7-14-12(10-21(3)4)5-6-15(13)17(14)22/h5-8,13H,9-11H2,1-4H3,(H2,20,24)/t13-/m0/s1. The number of carbonyl (C=O) groups is 1. The Bertz CT molecular complexity index is 883. The second-order valence-corrected chi connectivity index (χ2v) is 7.68. The molecule has 2 N–H and O–H groups in total. The van der Waals surface area contributed by atoms with E-state index < -0.39 is 11.7 Å². The molecule has 1 aromatic carbocycles. The van der Waals surface area contributed by atoms with Gasteiger partial charge < -0.3 is 19.9 Å². The maximum atomic E-state index is 12.4. The summed E-state index contributed by atoms with van der Waals surface area (Å²) in [4.78, 5) is 25.6. The molecule has 0 radical (unpaired) electrons. The zero-order chi connectivity index (χ0) is 18.4. The zero-order valence-corrected chi connectivity index (χ0v) is 15.2. The van der Waals surface area contributed by atoms with Gasteiger partial charge in [0.05, 0.1) is 5.52 Å². The van der Waals surface area contributed by atoms with Crippen molar-refractivity contribution in [2.45, 2.75) is 44.9 Å². The number of primary amides is 1. The van der Waals surface area contributed by atoms with E-state index in [2.05, 4.69) is 17.0 Å². The van der Waals surface area contributed by atoms with E-state index in [1.165, 1.54) is 5.56 Å². The first kappa shape index (κ1) is 17.5. The molecule has 1 aliphatic rings. The molecule has 134 valence electrons. The highest BCUT2D eigenvalue weighted by Crippen LogP contribution is 2.39.